The van der Waals surface area contributed by atoms with E-state index in [1.807, 2.05) is 0 Å². The predicted octanol–water partition coefficient (Wildman–Crippen LogP) is 2.91. The first-order chi connectivity index (χ1) is 7.42. The first-order valence-corrected chi connectivity index (χ1v) is 4.39. The molecule has 0 saturated carbocycles. The standard InChI is InChI=1S/C10H10F4O2/c1-15-9-4-8(11)3-2-7(9)5-16-6-10(12,13)14/h2-4H,5-6H2,1H3. The molecule has 0 aliphatic carbocycles. The normalized spacial score (nSPS) is 11.6. The first-order valence-electron chi connectivity index (χ1n) is 4.39. The average molecular weight is 238 g/mol. The Morgan fingerprint density at radius 3 is 2.50 bits per heavy atom. The predicted molar refractivity (Wildman–Crippen MR) is 48.7 cm³/mol. The van der Waals surface area contributed by atoms with E-state index in [0.717, 1.165) is 12.1 Å². The zero-order valence-corrected chi connectivity index (χ0v) is 8.47. The van der Waals surface area contributed by atoms with Crippen molar-refractivity contribution in [2.75, 3.05) is 13.7 Å². The Kier molecular flexibility index (Phi) is 4.12. The fourth-order valence-electron chi connectivity index (χ4n) is 1.11. The monoisotopic (exact) mass is 238 g/mol. The Bertz CT molecular complexity index is 349. The highest BCUT2D eigenvalue weighted by Gasteiger charge is 2.27. The topological polar surface area (TPSA) is 18.5 Å². The minimum atomic E-state index is -4.37. The van der Waals surface area contributed by atoms with Crippen LogP contribution >= 0.6 is 0 Å². The second kappa shape index (κ2) is 5.16. The van der Waals surface area contributed by atoms with E-state index in [-0.39, 0.29) is 12.4 Å². The van der Waals surface area contributed by atoms with Gasteiger partial charge in [-0.15, -0.1) is 0 Å². The Morgan fingerprint density at radius 2 is 1.94 bits per heavy atom. The highest BCUT2D eigenvalue weighted by atomic mass is 19.4. The molecular weight excluding hydrogens is 228 g/mol. The van der Waals surface area contributed by atoms with Crippen LogP contribution in [0.15, 0.2) is 18.2 Å². The van der Waals surface area contributed by atoms with E-state index in [2.05, 4.69) is 4.74 Å². The number of ether oxygens (including phenoxy) is 2. The Labute approximate surface area is 89.8 Å². The van der Waals surface area contributed by atoms with E-state index in [0.29, 0.717) is 5.56 Å². The summed E-state index contributed by atoms with van der Waals surface area (Å²) < 4.78 is 57.4. The highest BCUT2D eigenvalue weighted by Crippen LogP contribution is 2.22. The van der Waals surface area contributed by atoms with Crippen molar-refractivity contribution in [2.24, 2.45) is 0 Å². The quantitative estimate of drug-likeness (QED) is 0.751. The van der Waals surface area contributed by atoms with E-state index in [1.165, 1.54) is 13.2 Å². The van der Waals surface area contributed by atoms with Crippen molar-refractivity contribution in [3.63, 3.8) is 0 Å². The van der Waals surface area contributed by atoms with Crippen LogP contribution in [0.2, 0.25) is 0 Å². The number of benzene rings is 1. The molecule has 1 rings (SSSR count). The minimum absolute atomic E-state index is 0.169. The summed E-state index contributed by atoms with van der Waals surface area (Å²) in [6.45, 7) is -1.61. The van der Waals surface area contributed by atoms with Gasteiger partial charge in [0.25, 0.3) is 0 Å². The van der Waals surface area contributed by atoms with Gasteiger partial charge in [-0.2, -0.15) is 13.2 Å². The number of hydrogen-bond donors (Lipinski definition) is 0. The lowest BCUT2D eigenvalue weighted by Crippen LogP contribution is -2.16. The van der Waals surface area contributed by atoms with Crippen LogP contribution < -0.4 is 4.74 Å². The Hall–Kier alpha value is -1.30. The molecule has 0 atom stereocenters. The van der Waals surface area contributed by atoms with Crippen LogP contribution in [0.3, 0.4) is 0 Å². The smallest absolute Gasteiger partial charge is 0.411 e. The SMILES string of the molecule is COc1cc(F)ccc1COCC(F)(F)F. The Balaban J connectivity index is 2.60. The van der Waals surface area contributed by atoms with Crippen molar-refractivity contribution in [2.45, 2.75) is 12.8 Å². The zero-order chi connectivity index (χ0) is 12.2. The second-order valence-electron chi connectivity index (χ2n) is 3.06. The second-order valence-corrected chi connectivity index (χ2v) is 3.06. The molecule has 0 heterocycles. The van der Waals surface area contributed by atoms with E-state index in [1.54, 1.807) is 0 Å². The van der Waals surface area contributed by atoms with E-state index in [4.69, 9.17) is 4.74 Å². The molecule has 0 amide bonds. The van der Waals surface area contributed by atoms with Crippen molar-refractivity contribution in [3.05, 3.63) is 29.6 Å². The summed E-state index contributed by atoms with van der Waals surface area (Å²) >= 11 is 0. The molecule has 1 aromatic carbocycles. The van der Waals surface area contributed by atoms with E-state index in [9.17, 15) is 17.6 Å². The number of rotatable bonds is 4. The number of alkyl halides is 3. The summed E-state index contributed by atoms with van der Waals surface area (Å²) in [5.41, 5.74) is 0.369. The first kappa shape index (κ1) is 12.8. The molecule has 0 bridgehead atoms. The fraction of sp³-hybridized carbons (Fsp3) is 0.400. The molecule has 90 valence electrons. The van der Waals surface area contributed by atoms with E-state index >= 15 is 0 Å². The van der Waals surface area contributed by atoms with Gasteiger partial charge in [0.2, 0.25) is 0 Å². The minimum Gasteiger partial charge on any atom is -0.496 e. The summed E-state index contributed by atoms with van der Waals surface area (Å²) in [6.07, 6.45) is -4.37. The molecule has 0 aromatic heterocycles. The van der Waals surface area contributed by atoms with Crippen LogP contribution in [0.25, 0.3) is 0 Å². The van der Waals surface area contributed by atoms with Crippen LogP contribution in [0.1, 0.15) is 5.56 Å². The third-order valence-corrected chi connectivity index (χ3v) is 1.77. The summed E-state index contributed by atoms with van der Waals surface area (Å²) in [6, 6.07) is 3.55. The van der Waals surface area contributed by atoms with Gasteiger partial charge in [0, 0.05) is 11.6 Å². The summed E-state index contributed by atoms with van der Waals surface area (Å²) in [7, 11) is 1.31. The molecule has 0 radical (unpaired) electrons. The molecule has 0 unspecified atom stereocenters. The van der Waals surface area contributed by atoms with Gasteiger partial charge in [-0.3, -0.25) is 0 Å². The van der Waals surface area contributed by atoms with Gasteiger partial charge in [-0.25, -0.2) is 4.39 Å². The van der Waals surface area contributed by atoms with Gasteiger partial charge in [0.15, 0.2) is 0 Å². The van der Waals surface area contributed by atoms with Gasteiger partial charge in [-0.05, 0) is 6.07 Å². The molecular formula is C10H10F4O2. The molecule has 2 nitrogen and oxygen atoms in total. The van der Waals surface area contributed by atoms with Crippen molar-refractivity contribution in [1.29, 1.82) is 0 Å². The summed E-state index contributed by atoms with van der Waals surface area (Å²) in [4.78, 5) is 0. The van der Waals surface area contributed by atoms with Crippen molar-refractivity contribution >= 4 is 0 Å². The maximum atomic E-state index is 12.7. The molecule has 0 fully saturated rings. The molecule has 0 spiro atoms. The van der Waals surface area contributed by atoms with Gasteiger partial charge in [-0.1, -0.05) is 6.07 Å². The fourth-order valence-corrected chi connectivity index (χ4v) is 1.11. The largest absolute Gasteiger partial charge is 0.496 e. The Morgan fingerprint density at radius 1 is 1.25 bits per heavy atom. The lowest BCUT2D eigenvalue weighted by Gasteiger charge is -2.10. The zero-order valence-electron chi connectivity index (χ0n) is 8.47. The van der Waals surface area contributed by atoms with Crippen molar-refractivity contribution in [1.82, 2.24) is 0 Å². The molecule has 6 heteroatoms. The highest BCUT2D eigenvalue weighted by molar-refractivity contribution is 5.33. The summed E-state index contributed by atoms with van der Waals surface area (Å²) in [5, 5.41) is 0. The molecule has 1 aromatic rings. The molecule has 0 saturated heterocycles. The van der Waals surface area contributed by atoms with Crippen LogP contribution in [0.4, 0.5) is 17.6 Å². The molecule has 0 N–H and O–H groups in total. The maximum absolute atomic E-state index is 12.7. The van der Waals surface area contributed by atoms with Gasteiger partial charge in [0.05, 0.1) is 13.7 Å². The molecule has 16 heavy (non-hydrogen) atoms. The van der Waals surface area contributed by atoms with Crippen LogP contribution in [0.5, 0.6) is 5.75 Å². The van der Waals surface area contributed by atoms with Crippen LogP contribution in [0, 0.1) is 5.82 Å². The third kappa shape index (κ3) is 4.06. The maximum Gasteiger partial charge on any atom is 0.411 e. The van der Waals surface area contributed by atoms with Crippen LogP contribution in [-0.4, -0.2) is 19.9 Å². The lowest BCUT2D eigenvalue weighted by molar-refractivity contribution is -0.176. The van der Waals surface area contributed by atoms with Crippen molar-refractivity contribution in [3.8, 4) is 5.75 Å². The number of halogens is 4. The number of methoxy groups -OCH3 is 1. The van der Waals surface area contributed by atoms with Gasteiger partial charge < -0.3 is 9.47 Å². The van der Waals surface area contributed by atoms with Crippen LogP contribution in [-0.2, 0) is 11.3 Å². The summed E-state index contributed by atoms with van der Waals surface area (Å²) in [5.74, 6) is -0.349. The van der Waals surface area contributed by atoms with Crippen molar-refractivity contribution < 1.29 is 27.0 Å². The van der Waals surface area contributed by atoms with E-state index < -0.39 is 18.6 Å². The molecule has 0 aliphatic rings. The van der Waals surface area contributed by atoms with Gasteiger partial charge in [0.1, 0.15) is 18.2 Å². The average Bonchev–Trinajstić information content (AvgIpc) is 2.18. The lowest BCUT2D eigenvalue weighted by atomic mass is 10.2. The molecule has 0 aliphatic heterocycles. The van der Waals surface area contributed by atoms with Gasteiger partial charge >= 0.3 is 6.18 Å². The number of hydrogen-bond acceptors (Lipinski definition) is 2. The third-order valence-electron chi connectivity index (χ3n) is 1.77.